The van der Waals surface area contributed by atoms with Crippen LogP contribution in [0.1, 0.15) is 25.3 Å². The Morgan fingerprint density at radius 3 is 2.38 bits per heavy atom. The lowest BCUT2D eigenvalue weighted by Crippen LogP contribution is -2.21. The zero-order valence-electron chi connectivity index (χ0n) is 18.8. The molecule has 0 aliphatic carbocycles. The molecular weight excluding hydrogens is 446 g/mol. The third kappa shape index (κ3) is 4.08. The summed E-state index contributed by atoms with van der Waals surface area (Å²) in [6, 6.07) is 24.6. The monoisotopic (exact) mass is 469 g/mol. The molecule has 2 aromatic heterocycles. The Kier molecular flexibility index (Phi) is 5.90. The zero-order chi connectivity index (χ0) is 23.7. The number of hydrogen-bond acceptors (Lipinski definition) is 5. The number of benzene rings is 3. The number of fused-ring (bicyclic) bond motifs is 3. The van der Waals surface area contributed by atoms with Gasteiger partial charge >= 0.3 is 0 Å². The van der Waals surface area contributed by atoms with Crippen LogP contribution in [-0.2, 0) is 4.79 Å². The summed E-state index contributed by atoms with van der Waals surface area (Å²) in [7, 11) is 0. The zero-order valence-corrected chi connectivity index (χ0v) is 19.6. The summed E-state index contributed by atoms with van der Waals surface area (Å²) in [5, 5.41) is 12.7. The smallest absolute Gasteiger partial charge is 0.267 e. The second kappa shape index (κ2) is 9.15. The lowest BCUT2D eigenvalue weighted by atomic mass is 10.0. The highest BCUT2D eigenvalue weighted by molar-refractivity contribution is 7.99. The van der Waals surface area contributed by atoms with Gasteiger partial charge in [0.2, 0.25) is 11.7 Å². The molecule has 34 heavy (non-hydrogen) atoms. The molecule has 0 fully saturated rings. The number of amides is 1. The third-order valence-corrected chi connectivity index (χ3v) is 6.53. The maximum atomic E-state index is 13.3. The van der Waals surface area contributed by atoms with Crippen LogP contribution < -0.4 is 10.9 Å². The first-order chi connectivity index (χ1) is 16.5. The average molecular weight is 470 g/mol. The van der Waals surface area contributed by atoms with E-state index in [1.807, 2.05) is 77.2 Å². The number of anilines is 1. The van der Waals surface area contributed by atoms with Crippen LogP contribution in [0.25, 0.3) is 22.4 Å². The molecule has 0 saturated heterocycles. The summed E-state index contributed by atoms with van der Waals surface area (Å²) < 4.78 is 3.38. The van der Waals surface area contributed by atoms with E-state index in [0.29, 0.717) is 33.4 Å². The summed E-state index contributed by atoms with van der Waals surface area (Å²) >= 11 is 1.28. The highest BCUT2D eigenvalue weighted by Crippen LogP contribution is 2.24. The van der Waals surface area contributed by atoms with Crippen LogP contribution in [0.4, 0.5) is 5.69 Å². The maximum Gasteiger partial charge on any atom is 0.267 e. The minimum atomic E-state index is -0.166. The number of aromatic nitrogens is 4. The van der Waals surface area contributed by atoms with Crippen LogP contribution in [0.2, 0.25) is 0 Å². The second-order valence-corrected chi connectivity index (χ2v) is 9.17. The van der Waals surface area contributed by atoms with E-state index in [9.17, 15) is 9.59 Å². The van der Waals surface area contributed by atoms with Gasteiger partial charge in [0.05, 0.1) is 22.3 Å². The summed E-state index contributed by atoms with van der Waals surface area (Å²) in [5.74, 6) is 0.859. The highest BCUT2D eigenvalue weighted by Gasteiger charge is 2.18. The van der Waals surface area contributed by atoms with E-state index < -0.39 is 0 Å². The molecule has 1 amide bonds. The molecule has 0 bridgehead atoms. The topological polar surface area (TPSA) is 81.3 Å². The molecule has 0 aliphatic heterocycles. The van der Waals surface area contributed by atoms with Gasteiger partial charge in [0.15, 0.2) is 5.16 Å². The molecule has 0 spiro atoms. The number of hydrogen-bond donors (Lipinski definition) is 1. The molecule has 0 radical (unpaired) electrons. The van der Waals surface area contributed by atoms with Gasteiger partial charge in [-0.25, -0.2) is 4.57 Å². The van der Waals surface area contributed by atoms with Crippen LogP contribution >= 0.6 is 11.8 Å². The third-order valence-electron chi connectivity index (χ3n) is 5.60. The summed E-state index contributed by atoms with van der Waals surface area (Å²) in [4.78, 5) is 25.9. The Morgan fingerprint density at radius 2 is 1.65 bits per heavy atom. The van der Waals surface area contributed by atoms with Crippen molar-refractivity contribution in [1.29, 1.82) is 0 Å². The van der Waals surface area contributed by atoms with Gasteiger partial charge in [0, 0.05) is 5.69 Å². The summed E-state index contributed by atoms with van der Waals surface area (Å²) in [6.07, 6.45) is 0. The van der Waals surface area contributed by atoms with Gasteiger partial charge in [-0.1, -0.05) is 68.1 Å². The number of carbonyl (C=O) groups is 1. The standard InChI is InChI=1S/C26H23N5O2S/c1-17(2)18-12-14-19(15-13-18)27-23(32)16-34-26-29-28-25-30(20-8-4-3-5-9-20)24(33)21-10-6-7-11-22(21)31(25)26/h3-15,17H,16H2,1-2H3,(H,27,32). The molecule has 7 nitrogen and oxygen atoms in total. The van der Waals surface area contributed by atoms with Crippen molar-refractivity contribution >= 4 is 40.0 Å². The van der Waals surface area contributed by atoms with Gasteiger partial charge < -0.3 is 5.32 Å². The lowest BCUT2D eigenvalue weighted by molar-refractivity contribution is -0.113. The van der Waals surface area contributed by atoms with Crippen LogP contribution in [0.3, 0.4) is 0 Å². The van der Waals surface area contributed by atoms with Gasteiger partial charge in [0.1, 0.15) is 0 Å². The number of carbonyl (C=O) groups excluding carboxylic acids is 1. The molecule has 5 rings (SSSR count). The predicted molar refractivity (Wildman–Crippen MR) is 136 cm³/mol. The van der Waals surface area contributed by atoms with Crippen molar-refractivity contribution in [3.05, 3.63) is 94.8 Å². The van der Waals surface area contributed by atoms with E-state index in [-0.39, 0.29) is 17.2 Å². The van der Waals surface area contributed by atoms with E-state index in [1.165, 1.54) is 17.3 Å². The molecule has 2 heterocycles. The van der Waals surface area contributed by atoms with Crippen molar-refractivity contribution in [3.8, 4) is 5.69 Å². The van der Waals surface area contributed by atoms with Crippen LogP contribution in [0, 0.1) is 0 Å². The lowest BCUT2D eigenvalue weighted by Gasteiger charge is -2.11. The van der Waals surface area contributed by atoms with Crippen molar-refractivity contribution in [1.82, 2.24) is 19.2 Å². The number of nitrogens with zero attached hydrogens (tertiary/aromatic N) is 4. The molecular formula is C26H23N5O2S. The Balaban J connectivity index is 1.47. The molecule has 8 heteroatoms. The second-order valence-electron chi connectivity index (χ2n) is 8.22. The van der Waals surface area contributed by atoms with Crippen molar-refractivity contribution in [3.63, 3.8) is 0 Å². The fourth-order valence-corrected chi connectivity index (χ4v) is 4.60. The first kappa shape index (κ1) is 21.9. The Hall–Kier alpha value is -3.91. The number of rotatable bonds is 6. The SMILES string of the molecule is CC(C)c1ccc(NC(=O)CSc2nnc3n(-c4ccccc4)c(=O)c4ccccc4n23)cc1. The van der Waals surface area contributed by atoms with Gasteiger partial charge in [-0.15, -0.1) is 10.2 Å². The van der Waals surface area contributed by atoms with Crippen LogP contribution in [-0.4, -0.2) is 30.8 Å². The number of para-hydroxylation sites is 2. The van der Waals surface area contributed by atoms with E-state index in [4.69, 9.17) is 0 Å². The molecule has 170 valence electrons. The first-order valence-corrected chi connectivity index (χ1v) is 12.0. The number of nitrogens with one attached hydrogen (secondary N) is 1. The number of thioether (sulfide) groups is 1. The quantitative estimate of drug-likeness (QED) is 0.358. The van der Waals surface area contributed by atoms with E-state index >= 15 is 0 Å². The Labute approximate surface area is 200 Å². The van der Waals surface area contributed by atoms with E-state index in [2.05, 4.69) is 29.4 Å². The van der Waals surface area contributed by atoms with Crippen LogP contribution in [0.5, 0.6) is 0 Å². The van der Waals surface area contributed by atoms with E-state index in [0.717, 1.165) is 5.69 Å². The van der Waals surface area contributed by atoms with E-state index in [1.54, 1.807) is 10.6 Å². The Bertz CT molecular complexity index is 1540. The summed E-state index contributed by atoms with van der Waals surface area (Å²) in [6.45, 7) is 4.27. The van der Waals surface area contributed by atoms with Gasteiger partial charge in [-0.3, -0.25) is 14.0 Å². The predicted octanol–water partition coefficient (Wildman–Crippen LogP) is 4.89. The Morgan fingerprint density at radius 1 is 0.941 bits per heavy atom. The highest BCUT2D eigenvalue weighted by atomic mass is 32.2. The van der Waals surface area contributed by atoms with Gasteiger partial charge in [-0.05, 0) is 47.9 Å². The minimum absolute atomic E-state index is 0.139. The minimum Gasteiger partial charge on any atom is -0.325 e. The van der Waals surface area contributed by atoms with Crippen molar-refractivity contribution < 1.29 is 4.79 Å². The molecule has 0 atom stereocenters. The fourth-order valence-electron chi connectivity index (χ4n) is 3.86. The molecule has 0 aliphatic rings. The first-order valence-electron chi connectivity index (χ1n) is 11.0. The average Bonchev–Trinajstić information content (AvgIpc) is 3.28. The van der Waals surface area contributed by atoms with Crippen molar-refractivity contribution in [2.45, 2.75) is 24.9 Å². The van der Waals surface area contributed by atoms with Crippen molar-refractivity contribution in [2.24, 2.45) is 0 Å². The molecule has 1 N–H and O–H groups in total. The van der Waals surface area contributed by atoms with Crippen LogP contribution in [0.15, 0.2) is 88.8 Å². The molecule has 0 saturated carbocycles. The molecule has 5 aromatic rings. The fraction of sp³-hybridized carbons (Fsp3) is 0.154. The maximum absolute atomic E-state index is 13.3. The van der Waals surface area contributed by atoms with Gasteiger partial charge in [-0.2, -0.15) is 0 Å². The molecule has 3 aromatic carbocycles. The summed E-state index contributed by atoms with van der Waals surface area (Å²) in [5.41, 5.74) is 3.21. The van der Waals surface area contributed by atoms with Crippen molar-refractivity contribution in [2.75, 3.05) is 11.1 Å². The normalized spacial score (nSPS) is 11.4. The largest absolute Gasteiger partial charge is 0.325 e. The van der Waals surface area contributed by atoms with Gasteiger partial charge in [0.25, 0.3) is 5.56 Å². The molecule has 0 unspecified atom stereocenters.